The first-order valence-corrected chi connectivity index (χ1v) is 7.27. The first kappa shape index (κ1) is 12.5. The third-order valence-electron chi connectivity index (χ3n) is 3.36. The van der Waals surface area contributed by atoms with Gasteiger partial charge in [0.2, 0.25) is 0 Å². The Balaban J connectivity index is 2.15. The number of nitrogens with one attached hydrogen (secondary N) is 1. The molecule has 1 aliphatic rings. The summed E-state index contributed by atoms with van der Waals surface area (Å²) in [6.07, 6.45) is 1.55. The molecule has 3 rings (SSSR count). The van der Waals surface area contributed by atoms with Crippen LogP contribution in [0.15, 0.2) is 35.5 Å². The van der Waals surface area contributed by atoms with Gasteiger partial charge in [-0.3, -0.25) is 4.21 Å². The smallest absolute Gasteiger partial charge is 0.121 e. The summed E-state index contributed by atoms with van der Waals surface area (Å²) < 4.78 is 22.4. The van der Waals surface area contributed by atoms with Gasteiger partial charge in [-0.25, -0.2) is 4.98 Å². The van der Waals surface area contributed by atoms with Crippen molar-refractivity contribution in [3.8, 4) is 0 Å². The minimum atomic E-state index is -2.31. The van der Waals surface area contributed by atoms with Crippen molar-refractivity contribution in [2.24, 2.45) is 0 Å². The maximum absolute atomic E-state index is 11.2. The Bertz CT molecular complexity index is 626. The molecule has 2 aromatic rings. The van der Waals surface area contributed by atoms with Crippen molar-refractivity contribution in [3.05, 3.63) is 30.5 Å². The highest BCUT2D eigenvalue weighted by Crippen LogP contribution is 2.29. The van der Waals surface area contributed by atoms with Crippen LogP contribution in [0.3, 0.4) is 0 Å². The SMILES string of the molecule is O=S([O-])c1nccc2c(N3CCNCC3)cccc12. The lowest BCUT2D eigenvalue weighted by atomic mass is 10.1. The Hall–Kier alpha value is -1.50. The molecular formula is C13H14N3O2S-. The molecule has 1 aliphatic heterocycles. The first-order valence-electron chi connectivity index (χ1n) is 6.20. The summed E-state index contributed by atoms with van der Waals surface area (Å²) in [7, 11) is 0. The number of aromatic nitrogens is 1. The Labute approximate surface area is 113 Å². The van der Waals surface area contributed by atoms with Crippen LogP contribution in [0.4, 0.5) is 5.69 Å². The van der Waals surface area contributed by atoms with E-state index >= 15 is 0 Å². The predicted molar refractivity (Wildman–Crippen MR) is 74.0 cm³/mol. The van der Waals surface area contributed by atoms with Crippen LogP contribution in [-0.4, -0.2) is 39.9 Å². The standard InChI is InChI=1S/C13H15N3O2S/c17-19(18)13-11-2-1-3-12(10(11)4-5-15-13)16-8-6-14-7-9-16/h1-5,14H,6-9H2,(H,17,18)/p-1. The number of anilines is 1. The van der Waals surface area contributed by atoms with Gasteiger partial charge >= 0.3 is 0 Å². The lowest BCUT2D eigenvalue weighted by Gasteiger charge is -2.30. The second kappa shape index (κ2) is 5.24. The number of benzene rings is 1. The fraction of sp³-hybridized carbons (Fsp3) is 0.308. The van der Waals surface area contributed by atoms with Crippen molar-refractivity contribution in [2.75, 3.05) is 31.1 Å². The van der Waals surface area contributed by atoms with E-state index in [-0.39, 0.29) is 5.03 Å². The zero-order chi connectivity index (χ0) is 13.2. The summed E-state index contributed by atoms with van der Waals surface area (Å²) in [5, 5.41) is 5.06. The van der Waals surface area contributed by atoms with Gasteiger partial charge < -0.3 is 14.8 Å². The summed E-state index contributed by atoms with van der Waals surface area (Å²) in [6.45, 7) is 3.75. The molecule has 1 N–H and O–H groups in total. The summed E-state index contributed by atoms with van der Waals surface area (Å²) in [5.74, 6) is 0. The van der Waals surface area contributed by atoms with E-state index in [0.29, 0.717) is 5.39 Å². The molecule has 6 heteroatoms. The molecule has 2 heterocycles. The molecule has 0 bridgehead atoms. The fourth-order valence-corrected chi connectivity index (χ4v) is 2.98. The summed E-state index contributed by atoms with van der Waals surface area (Å²) in [5.41, 5.74) is 1.08. The number of hydrogen-bond donors (Lipinski definition) is 1. The van der Waals surface area contributed by atoms with Crippen LogP contribution in [-0.2, 0) is 11.1 Å². The lowest BCUT2D eigenvalue weighted by Crippen LogP contribution is -2.43. The normalized spacial score (nSPS) is 17.6. The van der Waals surface area contributed by atoms with Crippen LogP contribution in [0.2, 0.25) is 0 Å². The van der Waals surface area contributed by atoms with Crippen molar-refractivity contribution < 1.29 is 8.76 Å². The molecular weight excluding hydrogens is 262 g/mol. The maximum Gasteiger partial charge on any atom is 0.121 e. The fourth-order valence-electron chi connectivity index (χ4n) is 2.48. The number of nitrogens with zero attached hydrogens (tertiary/aromatic N) is 2. The van der Waals surface area contributed by atoms with Gasteiger partial charge in [-0.2, -0.15) is 0 Å². The third-order valence-corrected chi connectivity index (χ3v) is 4.00. The molecule has 1 fully saturated rings. The molecule has 0 radical (unpaired) electrons. The quantitative estimate of drug-likeness (QED) is 0.825. The number of pyridine rings is 1. The van der Waals surface area contributed by atoms with E-state index in [1.165, 1.54) is 0 Å². The molecule has 0 spiro atoms. The Kier molecular flexibility index (Phi) is 3.46. The van der Waals surface area contributed by atoms with Crippen LogP contribution in [0.25, 0.3) is 10.8 Å². The van der Waals surface area contributed by atoms with Crippen LogP contribution in [0.5, 0.6) is 0 Å². The van der Waals surface area contributed by atoms with E-state index in [2.05, 4.69) is 15.2 Å². The van der Waals surface area contributed by atoms with E-state index in [4.69, 9.17) is 0 Å². The highest BCUT2D eigenvalue weighted by molar-refractivity contribution is 7.79. The summed E-state index contributed by atoms with van der Waals surface area (Å²) >= 11 is -2.31. The highest BCUT2D eigenvalue weighted by atomic mass is 32.2. The predicted octanol–water partition coefficient (Wildman–Crippen LogP) is 0.882. The van der Waals surface area contributed by atoms with Gasteiger partial charge in [0.05, 0.1) is 0 Å². The topological polar surface area (TPSA) is 68.3 Å². The lowest BCUT2D eigenvalue weighted by molar-refractivity contribution is 0.534. The van der Waals surface area contributed by atoms with E-state index in [9.17, 15) is 8.76 Å². The molecule has 1 unspecified atom stereocenters. The van der Waals surface area contributed by atoms with Crippen molar-refractivity contribution in [1.29, 1.82) is 0 Å². The van der Waals surface area contributed by atoms with Crippen molar-refractivity contribution >= 4 is 27.5 Å². The molecule has 100 valence electrons. The molecule has 0 amide bonds. The molecule has 5 nitrogen and oxygen atoms in total. The monoisotopic (exact) mass is 276 g/mol. The zero-order valence-corrected chi connectivity index (χ0v) is 11.2. The average Bonchev–Trinajstić information content (AvgIpc) is 2.46. The zero-order valence-electron chi connectivity index (χ0n) is 10.3. The van der Waals surface area contributed by atoms with Crippen LogP contribution < -0.4 is 10.2 Å². The Morgan fingerprint density at radius 3 is 2.74 bits per heavy atom. The number of hydrogen-bond acceptors (Lipinski definition) is 5. The van der Waals surface area contributed by atoms with E-state index in [1.54, 1.807) is 12.3 Å². The van der Waals surface area contributed by atoms with Crippen molar-refractivity contribution in [2.45, 2.75) is 5.03 Å². The first-order chi connectivity index (χ1) is 9.27. The van der Waals surface area contributed by atoms with Gasteiger partial charge in [-0.1, -0.05) is 12.1 Å². The minimum absolute atomic E-state index is 0.120. The molecule has 1 atom stereocenters. The number of rotatable bonds is 2. The Morgan fingerprint density at radius 2 is 2.00 bits per heavy atom. The number of fused-ring (bicyclic) bond motifs is 1. The van der Waals surface area contributed by atoms with E-state index in [0.717, 1.165) is 37.3 Å². The van der Waals surface area contributed by atoms with Gasteiger partial charge in [-0.05, 0) is 23.2 Å². The summed E-state index contributed by atoms with van der Waals surface area (Å²) in [4.78, 5) is 6.22. The van der Waals surface area contributed by atoms with Crippen molar-refractivity contribution in [3.63, 3.8) is 0 Å². The number of piperazine rings is 1. The van der Waals surface area contributed by atoms with Gasteiger partial charge in [0, 0.05) is 48.8 Å². The summed E-state index contributed by atoms with van der Waals surface area (Å²) in [6, 6.07) is 7.60. The van der Waals surface area contributed by atoms with Crippen LogP contribution in [0.1, 0.15) is 0 Å². The van der Waals surface area contributed by atoms with Crippen molar-refractivity contribution in [1.82, 2.24) is 10.3 Å². The van der Waals surface area contributed by atoms with E-state index < -0.39 is 11.1 Å². The minimum Gasteiger partial charge on any atom is -0.767 e. The molecule has 1 aromatic carbocycles. The molecule has 1 aromatic heterocycles. The van der Waals surface area contributed by atoms with Gasteiger partial charge in [0.25, 0.3) is 0 Å². The van der Waals surface area contributed by atoms with Gasteiger partial charge in [0.15, 0.2) is 0 Å². The van der Waals surface area contributed by atoms with Crippen LogP contribution in [0, 0.1) is 0 Å². The molecule has 0 saturated carbocycles. The third kappa shape index (κ3) is 2.34. The molecule has 1 saturated heterocycles. The second-order valence-corrected chi connectivity index (χ2v) is 5.32. The van der Waals surface area contributed by atoms with Gasteiger partial charge in [-0.15, -0.1) is 0 Å². The highest BCUT2D eigenvalue weighted by Gasteiger charge is 2.14. The van der Waals surface area contributed by atoms with E-state index in [1.807, 2.05) is 18.2 Å². The Morgan fingerprint density at radius 1 is 1.21 bits per heavy atom. The maximum atomic E-state index is 11.2. The second-order valence-electron chi connectivity index (χ2n) is 4.46. The van der Waals surface area contributed by atoms with Gasteiger partial charge in [0.1, 0.15) is 5.03 Å². The molecule has 0 aliphatic carbocycles. The average molecular weight is 276 g/mol. The largest absolute Gasteiger partial charge is 0.767 e. The molecule has 19 heavy (non-hydrogen) atoms. The van der Waals surface area contributed by atoms with Crippen LogP contribution >= 0.6 is 0 Å².